The number of likely N-dealkylation sites (N-methyl/N-ethyl adjacent to an activating group) is 1. The molecule has 6 nitrogen and oxygen atoms in total. The van der Waals surface area contributed by atoms with Crippen molar-refractivity contribution >= 4 is 0 Å². The molecular formula is C19H27N5O. The van der Waals surface area contributed by atoms with Gasteiger partial charge in [-0.1, -0.05) is 5.16 Å². The maximum Gasteiger partial charge on any atom is 0.229 e. The summed E-state index contributed by atoms with van der Waals surface area (Å²) in [6.07, 6.45) is 9.73. The largest absolute Gasteiger partial charge is 0.339 e. The average molecular weight is 341 g/mol. The molecule has 1 saturated heterocycles. The Morgan fingerprint density at radius 1 is 1.24 bits per heavy atom. The molecule has 1 aliphatic carbocycles. The Balaban J connectivity index is 1.27. The van der Waals surface area contributed by atoms with Gasteiger partial charge in [-0.2, -0.15) is 4.98 Å². The molecule has 2 aliphatic rings. The molecule has 1 saturated carbocycles. The summed E-state index contributed by atoms with van der Waals surface area (Å²) >= 11 is 0. The molecule has 4 rings (SSSR count). The standard InChI is InChI=1S/C19H27N5O/c1-23(12-8-15-6-9-20-10-7-15)17-3-2-11-24(13-17)14-18-21-19(25-22-18)16-4-5-16/h6-7,9-10,16-17H,2-5,8,11-14H2,1H3. The van der Waals surface area contributed by atoms with Crippen molar-refractivity contribution < 1.29 is 4.52 Å². The molecule has 0 amide bonds. The van der Waals surface area contributed by atoms with Gasteiger partial charge in [0.25, 0.3) is 0 Å². The van der Waals surface area contributed by atoms with Crippen LogP contribution in [0.15, 0.2) is 29.0 Å². The molecule has 0 spiro atoms. The normalized spacial score (nSPS) is 21.8. The zero-order chi connectivity index (χ0) is 17.1. The van der Waals surface area contributed by atoms with E-state index in [2.05, 4.69) is 44.1 Å². The van der Waals surface area contributed by atoms with Gasteiger partial charge in [-0.05, 0) is 63.4 Å². The molecule has 1 atom stereocenters. The van der Waals surface area contributed by atoms with Gasteiger partial charge < -0.3 is 9.42 Å². The van der Waals surface area contributed by atoms with Crippen LogP contribution in [0.3, 0.4) is 0 Å². The van der Waals surface area contributed by atoms with Crippen molar-refractivity contribution in [3.05, 3.63) is 41.8 Å². The molecule has 2 aromatic heterocycles. The van der Waals surface area contributed by atoms with E-state index in [1.54, 1.807) is 0 Å². The number of piperidine rings is 1. The van der Waals surface area contributed by atoms with Crippen LogP contribution in [0.2, 0.25) is 0 Å². The molecule has 2 aromatic rings. The third kappa shape index (κ3) is 4.44. The predicted molar refractivity (Wildman–Crippen MR) is 95.1 cm³/mol. The number of pyridine rings is 1. The van der Waals surface area contributed by atoms with Gasteiger partial charge in [-0.15, -0.1) is 0 Å². The lowest BCUT2D eigenvalue weighted by Crippen LogP contribution is -2.46. The lowest BCUT2D eigenvalue weighted by atomic mass is 10.0. The molecule has 0 bridgehead atoms. The molecule has 0 aromatic carbocycles. The Bertz CT molecular complexity index is 669. The molecule has 0 radical (unpaired) electrons. The Morgan fingerprint density at radius 2 is 2.08 bits per heavy atom. The van der Waals surface area contributed by atoms with Crippen molar-refractivity contribution in [3.8, 4) is 0 Å². The minimum atomic E-state index is 0.537. The Hall–Kier alpha value is -1.79. The molecule has 1 aliphatic heterocycles. The Kier molecular flexibility index (Phi) is 5.08. The summed E-state index contributed by atoms with van der Waals surface area (Å²) < 4.78 is 5.39. The van der Waals surface area contributed by atoms with Gasteiger partial charge in [0.2, 0.25) is 5.89 Å². The second kappa shape index (κ2) is 7.62. The number of hydrogen-bond donors (Lipinski definition) is 0. The van der Waals surface area contributed by atoms with Crippen LogP contribution in [-0.2, 0) is 13.0 Å². The van der Waals surface area contributed by atoms with Crippen molar-refractivity contribution in [2.24, 2.45) is 0 Å². The van der Waals surface area contributed by atoms with Gasteiger partial charge in [0.1, 0.15) is 0 Å². The van der Waals surface area contributed by atoms with E-state index < -0.39 is 0 Å². The highest BCUT2D eigenvalue weighted by Gasteiger charge is 2.30. The van der Waals surface area contributed by atoms with E-state index in [4.69, 9.17) is 4.52 Å². The summed E-state index contributed by atoms with van der Waals surface area (Å²) in [6.45, 7) is 4.10. The fourth-order valence-electron chi connectivity index (χ4n) is 3.60. The lowest BCUT2D eigenvalue weighted by molar-refractivity contribution is 0.110. The van der Waals surface area contributed by atoms with Crippen LogP contribution >= 0.6 is 0 Å². The van der Waals surface area contributed by atoms with Crippen LogP contribution in [0.5, 0.6) is 0 Å². The summed E-state index contributed by atoms with van der Waals surface area (Å²) in [7, 11) is 2.24. The van der Waals surface area contributed by atoms with E-state index in [0.717, 1.165) is 44.3 Å². The van der Waals surface area contributed by atoms with E-state index in [0.29, 0.717) is 12.0 Å². The van der Waals surface area contributed by atoms with Crippen LogP contribution in [0.1, 0.15) is 48.9 Å². The van der Waals surface area contributed by atoms with Crippen LogP contribution in [0.4, 0.5) is 0 Å². The van der Waals surface area contributed by atoms with Crippen molar-refractivity contribution in [2.75, 3.05) is 26.7 Å². The van der Waals surface area contributed by atoms with E-state index >= 15 is 0 Å². The minimum Gasteiger partial charge on any atom is -0.339 e. The van der Waals surface area contributed by atoms with E-state index in [9.17, 15) is 0 Å². The van der Waals surface area contributed by atoms with Crippen molar-refractivity contribution in [3.63, 3.8) is 0 Å². The number of likely N-dealkylation sites (tertiary alicyclic amines) is 1. The van der Waals surface area contributed by atoms with Crippen LogP contribution in [0.25, 0.3) is 0 Å². The monoisotopic (exact) mass is 341 g/mol. The molecule has 1 unspecified atom stereocenters. The lowest BCUT2D eigenvalue weighted by Gasteiger charge is -2.37. The van der Waals surface area contributed by atoms with Crippen molar-refractivity contribution in [1.82, 2.24) is 24.9 Å². The average Bonchev–Trinajstić information content (AvgIpc) is 3.40. The molecule has 0 N–H and O–H groups in total. The third-order valence-corrected chi connectivity index (χ3v) is 5.38. The van der Waals surface area contributed by atoms with Crippen LogP contribution < -0.4 is 0 Å². The van der Waals surface area contributed by atoms with Crippen LogP contribution in [0, 0.1) is 0 Å². The number of hydrogen-bond acceptors (Lipinski definition) is 6. The molecule has 25 heavy (non-hydrogen) atoms. The first kappa shape index (κ1) is 16.7. The Labute approximate surface area is 149 Å². The highest BCUT2D eigenvalue weighted by atomic mass is 16.5. The second-order valence-electron chi connectivity index (χ2n) is 7.44. The predicted octanol–water partition coefficient (Wildman–Crippen LogP) is 2.48. The maximum absolute atomic E-state index is 5.39. The number of rotatable bonds is 7. The SMILES string of the molecule is CN(CCc1ccncc1)C1CCCN(Cc2noc(C3CC3)n2)C1. The molecular weight excluding hydrogens is 314 g/mol. The topological polar surface area (TPSA) is 58.3 Å². The highest BCUT2D eigenvalue weighted by molar-refractivity contribution is 5.10. The van der Waals surface area contributed by atoms with Gasteiger partial charge in [0, 0.05) is 37.4 Å². The zero-order valence-electron chi connectivity index (χ0n) is 15.0. The summed E-state index contributed by atoms with van der Waals surface area (Å²) in [5.41, 5.74) is 1.36. The van der Waals surface area contributed by atoms with E-state index in [1.807, 2.05) is 12.4 Å². The molecule has 3 heterocycles. The number of aromatic nitrogens is 3. The first-order chi connectivity index (χ1) is 12.3. The quantitative estimate of drug-likeness (QED) is 0.771. The van der Waals surface area contributed by atoms with Gasteiger partial charge >= 0.3 is 0 Å². The van der Waals surface area contributed by atoms with Gasteiger partial charge in [-0.25, -0.2) is 0 Å². The van der Waals surface area contributed by atoms with Crippen molar-refractivity contribution in [2.45, 2.75) is 50.6 Å². The summed E-state index contributed by atoms with van der Waals surface area (Å²) in [4.78, 5) is 13.6. The van der Waals surface area contributed by atoms with Gasteiger partial charge in [0.15, 0.2) is 5.82 Å². The summed E-state index contributed by atoms with van der Waals surface area (Å²) in [6, 6.07) is 4.81. The van der Waals surface area contributed by atoms with Crippen molar-refractivity contribution in [1.29, 1.82) is 0 Å². The maximum atomic E-state index is 5.39. The summed E-state index contributed by atoms with van der Waals surface area (Å²) in [5, 5.41) is 4.17. The smallest absolute Gasteiger partial charge is 0.229 e. The first-order valence-electron chi connectivity index (χ1n) is 9.42. The number of nitrogens with zero attached hydrogens (tertiary/aromatic N) is 5. The fraction of sp³-hybridized carbons (Fsp3) is 0.632. The third-order valence-electron chi connectivity index (χ3n) is 5.38. The molecule has 6 heteroatoms. The first-order valence-corrected chi connectivity index (χ1v) is 9.42. The Morgan fingerprint density at radius 3 is 2.88 bits per heavy atom. The molecule has 134 valence electrons. The van der Waals surface area contributed by atoms with E-state index in [1.165, 1.54) is 31.2 Å². The van der Waals surface area contributed by atoms with E-state index in [-0.39, 0.29) is 0 Å². The zero-order valence-corrected chi connectivity index (χ0v) is 15.0. The molecule has 2 fully saturated rings. The minimum absolute atomic E-state index is 0.537. The van der Waals surface area contributed by atoms with Crippen LogP contribution in [-0.4, -0.2) is 57.6 Å². The summed E-state index contributed by atoms with van der Waals surface area (Å²) in [5.74, 6) is 2.23. The van der Waals surface area contributed by atoms with Gasteiger partial charge in [0.05, 0.1) is 6.54 Å². The highest BCUT2D eigenvalue weighted by Crippen LogP contribution is 2.38. The fourth-order valence-corrected chi connectivity index (χ4v) is 3.60. The van der Waals surface area contributed by atoms with Gasteiger partial charge in [-0.3, -0.25) is 9.88 Å². The second-order valence-corrected chi connectivity index (χ2v) is 7.44.